The zero-order valence-electron chi connectivity index (χ0n) is 15.3. The number of halogens is 5. The zero-order chi connectivity index (χ0) is 21.3. The number of carboxylic acids is 1. The van der Waals surface area contributed by atoms with Gasteiger partial charge >= 0.3 is 12.1 Å². The van der Waals surface area contributed by atoms with E-state index in [0.717, 1.165) is 12.1 Å². The summed E-state index contributed by atoms with van der Waals surface area (Å²) >= 11 is 9.72. The summed E-state index contributed by atoms with van der Waals surface area (Å²) in [5.74, 6) is -0.590. The number of ether oxygens (including phenoxy) is 1. The Kier molecular flexibility index (Phi) is 6.45. The topological polar surface area (TPSA) is 49.8 Å². The molecule has 2 unspecified atom stereocenters. The first-order valence-corrected chi connectivity index (χ1v) is 9.99. The van der Waals surface area contributed by atoms with Crippen LogP contribution in [0.2, 0.25) is 5.02 Å². The van der Waals surface area contributed by atoms with Crippen LogP contribution < -0.4 is 4.74 Å². The van der Waals surface area contributed by atoms with Gasteiger partial charge in [-0.1, -0.05) is 27.5 Å². The van der Waals surface area contributed by atoms with Crippen LogP contribution >= 0.6 is 27.5 Å². The van der Waals surface area contributed by atoms with Crippen LogP contribution in [0.25, 0.3) is 0 Å². The Balaban J connectivity index is 2.25. The van der Waals surface area contributed by atoms with Gasteiger partial charge in [-0.3, -0.25) is 9.69 Å². The van der Waals surface area contributed by atoms with E-state index in [2.05, 4.69) is 15.9 Å². The van der Waals surface area contributed by atoms with Crippen molar-refractivity contribution in [2.24, 2.45) is 0 Å². The Bertz CT molecular complexity index is 922. The minimum absolute atomic E-state index is 0.126. The van der Waals surface area contributed by atoms with Gasteiger partial charge < -0.3 is 9.84 Å². The Hall–Kier alpha value is -1.77. The van der Waals surface area contributed by atoms with Gasteiger partial charge in [0.1, 0.15) is 11.8 Å². The van der Waals surface area contributed by atoms with Crippen LogP contribution in [0.3, 0.4) is 0 Å². The molecular weight excluding hydrogens is 475 g/mol. The van der Waals surface area contributed by atoms with Gasteiger partial charge in [-0.15, -0.1) is 0 Å². The van der Waals surface area contributed by atoms with Crippen LogP contribution in [-0.4, -0.2) is 35.7 Å². The predicted octanol–water partition coefficient (Wildman–Crippen LogP) is 5.77. The summed E-state index contributed by atoms with van der Waals surface area (Å²) in [5, 5.41) is 9.79. The van der Waals surface area contributed by atoms with Crippen LogP contribution in [-0.2, 0) is 11.0 Å². The second-order valence-electron chi connectivity index (χ2n) is 6.76. The fourth-order valence-electron chi connectivity index (χ4n) is 3.74. The highest BCUT2D eigenvalue weighted by Crippen LogP contribution is 2.44. The highest BCUT2D eigenvalue weighted by Gasteiger charge is 2.40. The average molecular weight is 493 g/mol. The van der Waals surface area contributed by atoms with E-state index >= 15 is 0 Å². The quantitative estimate of drug-likeness (QED) is 0.576. The van der Waals surface area contributed by atoms with Gasteiger partial charge in [0.25, 0.3) is 0 Å². The molecule has 2 atom stereocenters. The summed E-state index contributed by atoms with van der Waals surface area (Å²) < 4.78 is 46.2. The molecule has 2 aromatic carbocycles. The maximum atomic E-state index is 13.4. The second kappa shape index (κ2) is 8.53. The molecule has 2 aromatic rings. The lowest BCUT2D eigenvalue weighted by Gasteiger charge is -2.33. The Morgan fingerprint density at radius 2 is 2.00 bits per heavy atom. The molecular formula is C20H18BrClF3NO3. The molecule has 0 bridgehead atoms. The monoisotopic (exact) mass is 491 g/mol. The number of benzene rings is 2. The average Bonchev–Trinajstić information content (AvgIpc) is 3.12. The van der Waals surface area contributed by atoms with Gasteiger partial charge in [-0.25, -0.2) is 0 Å². The van der Waals surface area contributed by atoms with Gasteiger partial charge in [0.2, 0.25) is 0 Å². The lowest BCUT2D eigenvalue weighted by atomic mass is 9.94. The van der Waals surface area contributed by atoms with E-state index in [-0.39, 0.29) is 10.6 Å². The van der Waals surface area contributed by atoms with Crippen molar-refractivity contribution in [1.29, 1.82) is 0 Å². The van der Waals surface area contributed by atoms with Gasteiger partial charge in [0.05, 0.1) is 18.7 Å². The second-order valence-corrected chi connectivity index (χ2v) is 8.08. The van der Waals surface area contributed by atoms with Crippen LogP contribution in [0.4, 0.5) is 13.2 Å². The number of nitrogens with zero attached hydrogens (tertiary/aromatic N) is 1. The van der Waals surface area contributed by atoms with Crippen LogP contribution in [0.1, 0.15) is 35.6 Å². The molecule has 0 radical (unpaired) electrons. The summed E-state index contributed by atoms with van der Waals surface area (Å²) in [6.07, 6.45) is -3.54. The molecule has 1 aliphatic heterocycles. The number of likely N-dealkylation sites (tertiary alicyclic amines) is 1. The molecule has 1 heterocycles. The Morgan fingerprint density at radius 3 is 2.62 bits per heavy atom. The molecule has 1 saturated heterocycles. The predicted molar refractivity (Wildman–Crippen MR) is 106 cm³/mol. The third-order valence-electron chi connectivity index (χ3n) is 5.02. The third-order valence-corrected chi connectivity index (χ3v) is 5.85. The molecule has 0 spiro atoms. The lowest BCUT2D eigenvalue weighted by molar-refractivity contribution is -0.143. The summed E-state index contributed by atoms with van der Waals surface area (Å²) in [5.41, 5.74) is -0.121. The van der Waals surface area contributed by atoms with Gasteiger partial charge in [-0.2, -0.15) is 13.2 Å². The summed E-state index contributed by atoms with van der Waals surface area (Å²) in [6.45, 7) is 0.407. The number of methoxy groups -OCH3 is 1. The van der Waals surface area contributed by atoms with Crippen molar-refractivity contribution in [2.45, 2.75) is 31.1 Å². The van der Waals surface area contributed by atoms with Crippen molar-refractivity contribution in [1.82, 2.24) is 4.90 Å². The molecule has 9 heteroatoms. The maximum Gasteiger partial charge on any atom is 0.416 e. The van der Waals surface area contributed by atoms with Crippen LogP contribution in [0, 0.1) is 0 Å². The van der Waals surface area contributed by atoms with E-state index in [1.165, 1.54) is 13.2 Å². The number of carboxylic acid groups (broad SMARTS) is 1. The van der Waals surface area contributed by atoms with Gasteiger partial charge in [0.15, 0.2) is 0 Å². The molecule has 4 nitrogen and oxygen atoms in total. The molecule has 1 fully saturated rings. The number of hydrogen-bond acceptors (Lipinski definition) is 3. The first-order valence-electron chi connectivity index (χ1n) is 8.82. The molecule has 0 aliphatic carbocycles. The first-order chi connectivity index (χ1) is 13.6. The molecule has 0 amide bonds. The van der Waals surface area contributed by atoms with Crippen LogP contribution in [0.15, 0.2) is 40.9 Å². The number of carbonyl (C=O) groups is 1. The standard InChI is InChI=1S/C20H18BrClF3NO3/c1-29-17-7-5-12(21)10-14(17)18(26-8-2-3-16(26)19(27)28)13-9-11(20(23,24)25)4-6-15(13)22/h4-7,9-10,16,18H,2-3,8H2,1H3,(H,27,28). The molecule has 29 heavy (non-hydrogen) atoms. The summed E-state index contributed by atoms with van der Waals surface area (Å²) in [4.78, 5) is 13.5. The van der Waals surface area contributed by atoms with Crippen LogP contribution in [0.5, 0.6) is 5.75 Å². The Labute approximate surface area is 179 Å². The minimum Gasteiger partial charge on any atom is -0.496 e. The normalized spacial score (nSPS) is 18.6. The molecule has 0 saturated carbocycles. The SMILES string of the molecule is COc1ccc(Br)cc1C(c1cc(C(F)(F)F)ccc1Cl)N1CCCC1C(=O)O. The first kappa shape index (κ1) is 21.9. The Morgan fingerprint density at radius 1 is 1.28 bits per heavy atom. The summed E-state index contributed by atoms with van der Waals surface area (Å²) in [7, 11) is 1.45. The highest BCUT2D eigenvalue weighted by atomic mass is 79.9. The fourth-order valence-corrected chi connectivity index (χ4v) is 4.34. The van der Waals surface area contributed by atoms with E-state index in [0.29, 0.717) is 35.2 Å². The molecule has 1 aliphatic rings. The smallest absolute Gasteiger partial charge is 0.416 e. The van der Waals surface area contributed by atoms with E-state index in [1.54, 1.807) is 23.1 Å². The number of alkyl halides is 3. The van der Waals surface area contributed by atoms with Gasteiger partial charge in [-0.05, 0) is 54.8 Å². The summed E-state index contributed by atoms with van der Waals surface area (Å²) in [6, 6.07) is 6.59. The highest BCUT2D eigenvalue weighted by molar-refractivity contribution is 9.10. The number of rotatable bonds is 5. The lowest BCUT2D eigenvalue weighted by Crippen LogP contribution is -2.39. The molecule has 0 aromatic heterocycles. The largest absolute Gasteiger partial charge is 0.496 e. The zero-order valence-corrected chi connectivity index (χ0v) is 17.7. The van der Waals surface area contributed by atoms with Crippen molar-refractivity contribution in [3.8, 4) is 5.75 Å². The van der Waals surface area contributed by atoms with Gasteiger partial charge in [0, 0.05) is 21.6 Å². The van der Waals surface area contributed by atoms with Crippen molar-refractivity contribution >= 4 is 33.5 Å². The number of aliphatic carboxylic acids is 1. The number of hydrogen-bond donors (Lipinski definition) is 1. The molecule has 156 valence electrons. The maximum absolute atomic E-state index is 13.4. The van der Waals surface area contributed by atoms with Crippen molar-refractivity contribution in [2.75, 3.05) is 13.7 Å². The van der Waals surface area contributed by atoms with E-state index in [1.807, 2.05) is 0 Å². The van der Waals surface area contributed by atoms with E-state index in [4.69, 9.17) is 16.3 Å². The fraction of sp³-hybridized carbons (Fsp3) is 0.350. The minimum atomic E-state index is -4.55. The van der Waals surface area contributed by atoms with E-state index < -0.39 is 29.8 Å². The molecule has 1 N–H and O–H groups in total. The van der Waals surface area contributed by atoms with E-state index in [9.17, 15) is 23.1 Å². The van der Waals surface area contributed by atoms with Crippen molar-refractivity contribution < 1.29 is 27.8 Å². The molecule has 3 rings (SSSR count). The van der Waals surface area contributed by atoms with Crippen molar-refractivity contribution in [3.05, 3.63) is 62.6 Å². The van der Waals surface area contributed by atoms with Crippen molar-refractivity contribution in [3.63, 3.8) is 0 Å². The third kappa shape index (κ3) is 4.54.